The summed E-state index contributed by atoms with van der Waals surface area (Å²) in [6.45, 7) is 18.6. The predicted molar refractivity (Wildman–Crippen MR) is 495 cm³/mol. The average molecular weight is 1780 g/mol. The van der Waals surface area contributed by atoms with Gasteiger partial charge in [0, 0.05) is 150 Å². The van der Waals surface area contributed by atoms with E-state index in [4.69, 9.17) is 23.4 Å². The van der Waals surface area contributed by atoms with Gasteiger partial charge in [-0.05, 0) is 174 Å². The van der Waals surface area contributed by atoms with Gasteiger partial charge in [-0.1, -0.05) is 154 Å². The number of aromatic amines is 2. The van der Waals surface area contributed by atoms with E-state index in [9.17, 15) is 58.1 Å². The topological polar surface area (TPSA) is 336 Å². The molecule has 8 aromatic carbocycles. The third-order valence-corrected chi connectivity index (χ3v) is 29.8. The fourth-order valence-corrected chi connectivity index (χ4v) is 18.1. The number of phenolic OH excluding ortho intramolecular Hbond substituents is 2. The Labute approximate surface area is 751 Å². The van der Waals surface area contributed by atoms with E-state index in [1.165, 1.54) is 42.5 Å². The summed E-state index contributed by atoms with van der Waals surface area (Å²) in [6.07, 6.45) is 3.97. The number of ether oxygens (including phenoxy) is 4. The van der Waals surface area contributed by atoms with Crippen molar-refractivity contribution >= 4 is 77.4 Å². The zero-order chi connectivity index (χ0) is 91.1. The van der Waals surface area contributed by atoms with Crippen molar-refractivity contribution in [2.24, 2.45) is 11.8 Å². The van der Waals surface area contributed by atoms with Crippen molar-refractivity contribution in [1.82, 2.24) is 40.2 Å². The fourth-order valence-electron chi connectivity index (χ4n) is 16.8. The van der Waals surface area contributed by atoms with Gasteiger partial charge in [0.25, 0.3) is 0 Å². The number of aliphatic hydroxyl groups is 1. The second-order valence-corrected chi connectivity index (χ2v) is 40.1. The van der Waals surface area contributed by atoms with Gasteiger partial charge in [0.05, 0.1) is 49.3 Å². The van der Waals surface area contributed by atoms with Gasteiger partial charge < -0.3 is 78.9 Å². The molecule has 0 spiro atoms. The number of benzene rings is 8. The summed E-state index contributed by atoms with van der Waals surface area (Å²) >= 11 is 0. The molecule has 0 radical (unpaired) electrons. The number of hydrogen-bond acceptors (Lipinski definition) is 20. The predicted octanol–water partition coefficient (Wildman–Crippen LogP) is 15.6. The number of hydrogen-bond donors (Lipinski definition) is 9. The van der Waals surface area contributed by atoms with Gasteiger partial charge in [-0.3, -0.25) is 39.4 Å². The van der Waals surface area contributed by atoms with E-state index in [1.807, 2.05) is 119 Å². The number of nitrogens with zero attached hydrogens (tertiary/aromatic N) is 4. The molecular formula is C100H118F2N10O16Si. The number of pyridine rings is 2. The van der Waals surface area contributed by atoms with Crippen LogP contribution in [-0.2, 0) is 68.5 Å². The smallest absolute Gasteiger partial charge is 0.411 e. The molecule has 14 rings (SSSR count). The first-order chi connectivity index (χ1) is 62.1. The van der Waals surface area contributed by atoms with Crippen LogP contribution in [0.4, 0.5) is 29.7 Å². The summed E-state index contributed by atoms with van der Waals surface area (Å²) in [4.78, 5) is 115. The van der Waals surface area contributed by atoms with E-state index in [0.29, 0.717) is 117 Å². The Kier molecular flexibility index (Phi) is 32.9. The first kappa shape index (κ1) is 94.6. The number of nitrogens with one attached hydrogen (secondary N) is 6. The standard InChI is InChI=1S/C53H66FN5O8Si.C47H52FN5O8/c1-53(2,3)68(4,5)67-47(43-17-19-46(60)51-44(43)18-20-48(61)57-51)34-55-33-39-15-16-40(32-45(39)54)56-52(64)65-35-36-21-29-59(30-22-36)49(62)25-28-58-26-23-41(24-27-58)66-50(63)31-38-13-9-10-14-42(38)37-11-7-6-8-12-37;48-40-27-35(11-10-34(40)28-49-29-42(55)38-12-14-41(54)46-39(38)13-15-43(56)51-46)50-47(59)60-30-31-16-24-53(25-17-31)44(57)20-23-52-21-18-36(19-22-52)61-45(58)26-33-8-4-5-9-37(33)32-6-2-1-3-7-32/h6-20,32,36,41,47,55,60H,21-31,33-35H2,1-5H3,(H,56,64)(H,57,61);1-15,27,31,36,42,49,54-55H,16-26,28-30H2,(H,50,59)(H,51,56)/t47-;42-/m00/s1. The zero-order valence-corrected chi connectivity index (χ0v) is 74.9. The van der Waals surface area contributed by atoms with Crippen molar-refractivity contribution in [3.63, 3.8) is 0 Å². The normalized spacial score (nSPS) is 15.8. The summed E-state index contributed by atoms with van der Waals surface area (Å²) in [7, 11) is -2.31. The van der Waals surface area contributed by atoms with Crippen LogP contribution in [0.15, 0.2) is 204 Å². The molecule has 0 saturated carbocycles. The zero-order valence-electron chi connectivity index (χ0n) is 73.9. The van der Waals surface area contributed by atoms with E-state index in [0.717, 1.165) is 90.8 Å². The maximum Gasteiger partial charge on any atom is 0.411 e. The maximum absolute atomic E-state index is 15.4. The minimum Gasteiger partial charge on any atom is -0.506 e. The molecule has 2 atom stereocenters. The molecule has 4 aliphatic heterocycles. The van der Waals surface area contributed by atoms with Crippen LogP contribution in [0.1, 0.15) is 131 Å². The molecule has 4 saturated heterocycles. The number of piperidine rings is 4. The lowest BCUT2D eigenvalue weighted by molar-refractivity contribution is -0.151. The number of esters is 2. The Morgan fingerprint density at radius 1 is 0.481 bits per heavy atom. The largest absolute Gasteiger partial charge is 0.506 e. The Bertz CT molecular complexity index is 5630. The third-order valence-electron chi connectivity index (χ3n) is 25.3. The summed E-state index contributed by atoms with van der Waals surface area (Å²) in [5.74, 6) is -1.22. The number of rotatable bonds is 32. The number of phenols is 2. The van der Waals surface area contributed by atoms with Crippen molar-refractivity contribution < 1.29 is 76.2 Å². The number of amides is 4. The van der Waals surface area contributed by atoms with Crippen molar-refractivity contribution in [3.8, 4) is 33.8 Å². The van der Waals surface area contributed by atoms with Crippen LogP contribution in [0.3, 0.4) is 0 Å². The third kappa shape index (κ3) is 26.6. The first-order valence-electron chi connectivity index (χ1n) is 44.7. The Morgan fingerprint density at radius 2 is 0.884 bits per heavy atom. The van der Waals surface area contributed by atoms with E-state index in [1.54, 1.807) is 42.5 Å². The van der Waals surface area contributed by atoms with E-state index >= 15 is 4.39 Å². The Hall–Kier alpha value is -12.0. The van der Waals surface area contributed by atoms with Crippen LogP contribution in [-0.4, -0.2) is 193 Å². The highest BCUT2D eigenvalue weighted by atomic mass is 28.4. The van der Waals surface area contributed by atoms with Crippen molar-refractivity contribution in [3.05, 3.63) is 260 Å². The number of aliphatic hydroxyl groups excluding tert-OH is 1. The molecule has 0 bridgehead atoms. The van der Waals surface area contributed by atoms with Gasteiger partial charge in [0.15, 0.2) is 8.32 Å². The molecule has 6 heterocycles. The molecule has 0 aliphatic carbocycles. The van der Waals surface area contributed by atoms with Gasteiger partial charge in [0.2, 0.25) is 22.9 Å². The number of carbonyl (C=O) groups excluding carboxylic acids is 6. The van der Waals surface area contributed by atoms with Crippen LogP contribution >= 0.6 is 0 Å². The lowest BCUT2D eigenvalue weighted by atomic mass is 9.97. The summed E-state index contributed by atoms with van der Waals surface area (Å²) < 4.78 is 60.0. The number of H-pyrrole nitrogens is 2. The number of anilines is 2. The summed E-state index contributed by atoms with van der Waals surface area (Å²) in [5, 5.41) is 44.0. The van der Waals surface area contributed by atoms with Gasteiger partial charge in [-0.2, -0.15) is 0 Å². The molecule has 9 N–H and O–H groups in total. The quantitative estimate of drug-likeness (QED) is 0.0107. The van der Waals surface area contributed by atoms with Crippen LogP contribution in [0, 0.1) is 23.5 Å². The average Bonchev–Trinajstić information content (AvgIpc) is 0.807. The number of aromatic nitrogens is 2. The maximum atomic E-state index is 15.4. The van der Waals surface area contributed by atoms with Crippen molar-refractivity contribution in [1.29, 1.82) is 0 Å². The first-order valence-corrected chi connectivity index (χ1v) is 47.6. The number of aromatic hydroxyl groups is 2. The number of likely N-dealkylation sites (tertiary alicyclic amines) is 4. The molecule has 682 valence electrons. The minimum atomic E-state index is -2.31. The lowest BCUT2D eigenvalue weighted by Gasteiger charge is -2.39. The van der Waals surface area contributed by atoms with Crippen LogP contribution in [0.5, 0.6) is 11.5 Å². The van der Waals surface area contributed by atoms with E-state index in [2.05, 4.69) is 74.9 Å². The highest BCUT2D eigenvalue weighted by Gasteiger charge is 2.40. The Balaban J connectivity index is 0.000000221. The minimum absolute atomic E-state index is 0.0361. The number of carbonyl (C=O) groups is 6. The molecule has 26 nitrogen and oxygen atoms in total. The van der Waals surface area contributed by atoms with Crippen LogP contribution < -0.4 is 32.4 Å². The summed E-state index contributed by atoms with van der Waals surface area (Å²) in [6, 6.07) is 57.0. The molecule has 4 aliphatic rings. The van der Waals surface area contributed by atoms with Crippen molar-refractivity contribution in [2.45, 2.75) is 153 Å². The molecule has 4 fully saturated rings. The van der Waals surface area contributed by atoms with Crippen LogP contribution in [0.2, 0.25) is 18.1 Å². The fraction of sp³-hybridized carbons (Fsp3) is 0.400. The number of fused-ring (bicyclic) bond motifs is 2. The lowest BCUT2D eigenvalue weighted by Crippen LogP contribution is -2.43. The van der Waals surface area contributed by atoms with E-state index in [-0.39, 0.29) is 138 Å². The molecule has 4 amide bonds. The Morgan fingerprint density at radius 3 is 1.31 bits per heavy atom. The highest BCUT2D eigenvalue weighted by molar-refractivity contribution is 6.74. The van der Waals surface area contributed by atoms with Crippen LogP contribution in [0.25, 0.3) is 44.1 Å². The summed E-state index contributed by atoms with van der Waals surface area (Å²) in [5.41, 5.74) is 8.48. The van der Waals surface area contributed by atoms with Gasteiger partial charge in [0.1, 0.15) is 35.3 Å². The molecule has 10 aromatic rings. The van der Waals surface area contributed by atoms with Gasteiger partial charge >= 0.3 is 24.1 Å². The molecule has 129 heavy (non-hydrogen) atoms. The highest BCUT2D eigenvalue weighted by Crippen LogP contribution is 2.42. The monoisotopic (exact) mass is 1780 g/mol. The van der Waals surface area contributed by atoms with Gasteiger partial charge in [-0.15, -0.1) is 0 Å². The molecule has 0 unspecified atom stereocenters. The second kappa shape index (κ2) is 44.8. The van der Waals surface area contributed by atoms with Gasteiger partial charge in [-0.25, -0.2) is 18.4 Å². The van der Waals surface area contributed by atoms with Crippen molar-refractivity contribution in [2.75, 3.05) is 102 Å². The second-order valence-electron chi connectivity index (χ2n) is 35.4. The molecular weight excluding hydrogens is 1660 g/mol. The van der Waals surface area contributed by atoms with E-state index < -0.39 is 44.3 Å². The SMILES string of the molecule is CC(C)(C)[Si](C)(C)O[C@@H](CNCc1ccc(NC(=O)OCC2CCN(C(=O)CCN3CCC(OC(=O)Cc4ccccc4-c4ccccc4)CC3)CC2)cc1F)c1ccc(O)c2[nH]c(=O)ccc12.O=C(Cc1ccccc1-c1ccccc1)OC1CCN(CCC(=O)N2CCC(COC(=O)Nc3ccc(CNC[C@H](O)c4ccc(O)c5[nH]c(=O)ccc45)c(F)c3)CC2)CC1. The molecule has 2 aromatic heterocycles. The number of halogens is 2. The molecule has 29 heteroatoms.